The van der Waals surface area contributed by atoms with Crippen LogP contribution < -0.4 is 10.5 Å². The Morgan fingerprint density at radius 3 is 2.65 bits per heavy atom. The highest BCUT2D eigenvalue weighted by atomic mass is 16.5. The molecule has 5 rings (SSSR count). The van der Waals surface area contributed by atoms with Crippen LogP contribution in [0.3, 0.4) is 0 Å². The van der Waals surface area contributed by atoms with E-state index in [0.29, 0.717) is 48.8 Å². The number of carbonyl (C=O) groups excluding carboxylic acids is 1. The summed E-state index contributed by atoms with van der Waals surface area (Å²) >= 11 is 0. The lowest BCUT2D eigenvalue weighted by Gasteiger charge is -2.18. The van der Waals surface area contributed by atoms with Gasteiger partial charge in [-0.1, -0.05) is 31.2 Å². The fourth-order valence-electron chi connectivity index (χ4n) is 4.91. The maximum atomic E-state index is 12.9. The number of nitrogen functional groups attached to an aromatic ring is 1. The molecule has 0 unspecified atom stereocenters. The van der Waals surface area contributed by atoms with E-state index in [1.54, 1.807) is 13.2 Å². The summed E-state index contributed by atoms with van der Waals surface area (Å²) in [7, 11) is 1.70. The standard InChI is InChI=1S/C30H35N7O3/c1-3-35(18-19-39-2)16-7-10-26(38)36-17-15-23(20-36)37-30-27(29(31)32-21-33-30)28(34-37)22-11-13-25(14-12-22)40-24-8-5-4-6-9-24/h4-14,21,23H,3,15-20H2,1-2H3,(H2,31,32,33)/b10-7+/t23-/m1/s1. The van der Waals surface area contributed by atoms with Crippen LogP contribution in [0.4, 0.5) is 5.82 Å². The third-order valence-corrected chi connectivity index (χ3v) is 7.13. The molecule has 208 valence electrons. The smallest absolute Gasteiger partial charge is 0.246 e. The van der Waals surface area contributed by atoms with E-state index in [0.717, 1.165) is 36.6 Å². The first kappa shape index (κ1) is 27.3. The van der Waals surface area contributed by atoms with Crippen molar-refractivity contribution in [3.8, 4) is 22.8 Å². The maximum absolute atomic E-state index is 12.9. The number of amides is 1. The lowest BCUT2D eigenvalue weighted by atomic mass is 10.1. The van der Waals surface area contributed by atoms with E-state index in [2.05, 4.69) is 21.8 Å². The number of para-hydroxylation sites is 1. The Morgan fingerprint density at radius 1 is 1.12 bits per heavy atom. The molecule has 2 aromatic carbocycles. The molecule has 0 radical (unpaired) electrons. The van der Waals surface area contributed by atoms with Crippen molar-refractivity contribution in [2.24, 2.45) is 0 Å². The predicted octanol–water partition coefficient (Wildman–Crippen LogP) is 4.17. The second-order valence-electron chi connectivity index (χ2n) is 9.71. The van der Waals surface area contributed by atoms with Gasteiger partial charge >= 0.3 is 0 Å². The average Bonchev–Trinajstić information content (AvgIpc) is 3.62. The molecule has 4 aromatic rings. The van der Waals surface area contributed by atoms with Gasteiger partial charge in [-0.05, 0) is 49.4 Å². The Morgan fingerprint density at radius 2 is 1.90 bits per heavy atom. The van der Waals surface area contributed by atoms with Crippen LogP contribution in [0.1, 0.15) is 19.4 Å². The zero-order valence-electron chi connectivity index (χ0n) is 22.9. The van der Waals surface area contributed by atoms with Gasteiger partial charge in [0.25, 0.3) is 0 Å². The number of aromatic nitrogens is 4. The third kappa shape index (κ3) is 6.13. The summed E-state index contributed by atoms with van der Waals surface area (Å²) in [5.74, 6) is 1.87. The lowest BCUT2D eigenvalue weighted by Crippen LogP contribution is -2.29. The molecule has 0 saturated carbocycles. The summed E-state index contributed by atoms with van der Waals surface area (Å²) in [4.78, 5) is 25.8. The number of rotatable bonds is 11. The summed E-state index contributed by atoms with van der Waals surface area (Å²) in [6.45, 7) is 6.41. The largest absolute Gasteiger partial charge is 0.457 e. The van der Waals surface area contributed by atoms with Crippen molar-refractivity contribution in [1.29, 1.82) is 0 Å². The topological polar surface area (TPSA) is 112 Å². The van der Waals surface area contributed by atoms with Crippen molar-refractivity contribution in [3.05, 3.63) is 73.1 Å². The lowest BCUT2D eigenvalue weighted by molar-refractivity contribution is -0.125. The highest BCUT2D eigenvalue weighted by Gasteiger charge is 2.30. The van der Waals surface area contributed by atoms with E-state index < -0.39 is 0 Å². The van der Waals surface area contributed by atoms with Crippen molar-refractivity contribution >= 4 is 22.8 Å². The zero-order valence-corrected chi connectivity index (χ0v) is 22.9. The minimum atomic E-state index is -0.0163. The molecule has 2 aromatic heterocycles. The minimum absolute atomic E-state index is 0.00474. The molecular weight excluding hydrogens is 506 g/mol. The summed E-state index contributed by atoms with van der Waals surface area (Å²) in [5, 5.41) is 5.66. The number of carbonyl (C=O) groups is 1. The van der Waals surface area contributed by atoms with E-state index in [4.69, 9.17) is 20.3 Å². The number of ether oxygens (including phenoxy) is 2. The molecule has 1 aliphatic heterocycles. The van der Waals surface area contributed by atoms with Gasteiger partial charge in [0.1, 0.15) is 29.3 Å². The van der Waals surface area contributed by atoms with Gasteiger partial charge in [0.05, 0.1) is 18.0 Å². The van der Waals surface area contributed by atoms with Gasteiger partial charge in [-0.3, -0.25) is 9.69 Å². The second-order valence-corrected chi connectivity index (χ2v) is 9.71. The first-order chi connectivity index (χ1) is 19.6. The van der Waals surface area contributed by atoms with Crippen molar-refractivity contribution in [3.63, 3.8) is 0 Å². The van der Waals surface area contributed by atoms with E-state index in [1.807, 2.05) is 70.3 Å². The molecule has 0 aliphatic carbocycles. The van der Waals surface area contributed by atoms with Crippen molar-refractivity contribution < 1.29 is 14.3 Å². The minimum Gasteiger partial charge on any atom is -0.457 e. The molecule has 3 heterocycles. The fraction of sp³-hybridized carbons (Fsp3) is 0.333. The maximum Gasteiger partial charge on any atom is 0.246 e. The van der Waals surface area contributed by atoms with Crippen molar-refractivity contribution in [2.45, 2.75) is 19.4 Å². The normalized spacial score (nSPS) is 15.5. The number of methoxy groups -OCH3 is 1. The molecule has 1 saturated heterocycles. The van der Waals surface area contributed by atoms with Gasteiger partial charge in [-0.15, -0.1) is 0 Å². The Balaban J connectivity index is 1.32. The Bertz CT molecular complexity index is 1450. The first-order valence-electron chi connectivity index (χ1n) is 13.6. The van der Waals surface area contributed by atoms with Gasteiger partial charge < -0.3 is 20.1 Å². The van der Waals surface area contributed by atoms with E-state index in [-0.39, 0.29) is 11.9 Å². The molecule has 10 nitrogen and oxygen atoms in total. The van der Waals surface area contributed by atoms with Crippen LogP contribution in [0.25, 0.3) is 22.3 Å². The molecule has 40 heavy (non-hydrogen) atoms. The summed E-state index contributed by atoms with van der Waals surface area (Å²) < 4.78 is 13.0. The molecule has 0 bridgehead atoms. The number of hydrogen-bond donors (Lipinski definition) is 1. The molecule has 0 spiro atoms. The summed E-state index contributed by atoms with van der Waals surface area (Å²) in [6, 6.07) is 17.4. The molecule has 1 aliphatic rings. The summed E-state index contributed by atoms with van der Waals surface area (Å²) in [5.41, 5.74) is 8.58. The number of benzene rings is 2. The fourth-order valence-corrected chi connectivity index (χ4v) is 4.91. The van der Waals surface area contributed by atoms with Gasteiger partial charge in [-0.2, -0.15) is 5.10 Å². The van der Waals surface area contributed by atoms with Crippen LogP contribution in [0, 0.1) is 0 Å². The summed E-state index contributed by atoms with van der Waals surface area (Å²) in [6.07, 6.45) is 5.83. The molecule has 1 amide bonds. The number of nitrogens with two attached hydrogens (primary N) is 1. The number of anilines is 1. The number of likely N-dealkylation sites (tertiary alicyclic amines) is 1. The van der Waals surface area contributed by atoms with Gasteiger partial charge in [0.2, 0.25) is 5.91 Å². The van der Waals surface area contributed by atoms with Crippen LogP contribution in [0.15, 0.2) is 73.1 Å². The average molecular weight is 542 g/mol. The Labute approximate surface area is 234 Å². The number of nitrogens with zero attached hydrogens (tertiary/aromatic N) is 6. The molecule has 1 atom stereocenters. The Hall–Kier alpha value is -4.28. The second kappa shape index (κ2) is 12.7. The van der Waals surface area contributed by atoms with Crippen LogP contribution in [0.2, 0.25) is 0 Å². The van der Waals surface area contributed by atoms with E-state index in [1.165, 1.54) is 6.33 Å². The number of fused-ring (bicyclic) bond motifs is 1. The highest BCUT2D eigenvalue weighted by molar-refractivity contribution is 5.98. The highest BCUT2D eigenvalue weighted by Crippen LogP contribution is 2.35. The predicted molar refractivity (Wildman–Crippen MR) is 155 cm³/mol. The van der Waals surface area contributed by atoms with Gasteiger partial charge in [0, 0.05) is 44.9 Å². The van der Waals surface area contributed by atoms with Crippen LogP contribution >= 0.6 is 0 Å². The first-order valence-corrected chi connectivity index (χ1v) is 13.6. The third-order valence-electron chi connectivity index (χ3n) is 7.13. The van der Waals surface area contributed by atoms with E-state index in [9.17, 15) is 4.79 Å². The molecule has 2 N–H and O–H groups in total. The molecular formula is C30H35N7O3. The number of hydrogen-bond acceptors (Lipinski definition) is 8. The molecule has 1 fully saturated rings. The quantitative estimate of drug-likeness (QED) is 0.282. The van der Waals surface area contributed by atoms with Gasteiger partial charge in [0.15, 0.2) is 5.65 Å². The van der Waals surface area contributed by atoms with Crippen LogP contribution in [0.5, 0.6) is 11.5 Å². The van der Waals surface area contributed by atoms with Crippen molar-refractivity contribution in [2.75, 3.05) is 52.2 Å². The van der Waals surface area contributed by atoms with Crippen LogP contribution in [-0.4, -0.2) is 81.9 Å². The zero-order chi connectivity index (χ0) is 27.9. The van der Waals surface area contributed by atoms with E-state index >= 15 is 0 Å². The monoisotopic (exact) mass is 541 g/mol. The number of likely N-dealkylation sites (N-methyl/N-ethyl adjacent to an activating group) is 1. The van der Waals surface area contributed by atoms with Crippen LogP contribution in [-0.2, 0) is 9.53 Å². The van der Waals surface area contributed by atoms with Crippen molar-refractivity contribution in [1.82, 2.24) is 29.5 Å². The SMILES string of the molecule is CCN(C/C=C/C(=O)N1CC[C@@H](n2nc(-c3ccc(Oc4ccccc4)cc3)c3c(N)ncnc32)C1)CCOC. The van der Waals surface area contributed by atoms with Gasteiger partial charge in [-0.25, -0.2) is 14.6 Å². The molecule has 10 heteroatoms. The Kier molecular flexibility index (Phi) is 8.68.